The quantitative estimate of drug-likeness (QED) is 0.498. The highest BCUT2D eigenvalue weighted by Gasteiger charge is 2.21. The van der Waals surface area contributed by atoms with Crippen LogP contribution in [0.25, 0.3) is 0 Å². The minimum absolute atomic E-state index is 0.0438. The molecule has 13 heteroatoms. The Morgan fingerprint density at radius 3 is 2.55 bits per heavy atom. The summed E-state index contributed by atoms with van der Waals surface area (Å²) in [6.45, 7) is 4.22. The fourth-order valence-electron chi connectivity index (χ4n) is 2.72. The second kappa shape index (κ2) is 10.4. The van der Waals surface area contributed by atoms with E-state index in [1.165, 1.54) is 35.6 Å². The Morgan fingerprint density at radius 1 is 1.19 bits per heavy atom. The third kappa shape index (κ3) is 6.37. The molecular formula is C18H22ClN5O5S2. The van der Waals surface area contributed by atoms with Crippen LogP contribution in [0.15, 0.2) is 29.2 Å². The van der Waals surface area contributed by atoms with E-state index in [9.17, 15) is 18.0 Å². The number of ether oxygens (including phenoxy) is 1. The predicted octanol–water partition coefficient (Wildman–Crippen LogP) is 1.07. The molecule has 2 heterocycles. The predicted molar refractivity (Wildman–Crippen MR) is 117 cm³/mol. The van der Waals surface area contributed by atoms with E-state index >= 15 is 0 Å². The molecule has 0 aliphatic carbocycles. The Labute approximate surface area is 189 Å². The number of nitrogens with zero attached hydrogens (tertiary/aromatic N) is 2. The molecule has 1 aliphatic rings. The highest BCUT2D eigenvalue weighted by atomic mass is 35.5. The summed E-state index contributed by atoms with van der Waals surface area (Å²) >= 11 is 6.99. The van der Waals surface area contributed by atoms with Gasteiger partial charge >= 0.3 is 0 Å². The fourth-order valence-corrected chi connectivity index (χ4v) is 4.90. The van der Waals surface area contributed by atoms with E-state index < -0.39 is 21.8 Å². The number of hydrazine groups is 1. The lowest BCUT2D eigenvalue weighted by atomic mass is 10.4. The number of thiazole rings is 1. The lowest BCUT2D eigenvalue weighted by molar-refractivity contribution is -0.121. The van der Waals surface area contributed by atoms with Crippen molar-refractivity contribution in [3.8, 4) is 0 Å². The van der Waals surface area contributed by atoms with Crippen LogP contribution in [0.4, 0.5) is 5.13 Å². The zero-order chi connectivity index (χ0) is 22.4. The maximum absolute atomic E-state index is 12.4. The van der Waals surface area contributed by atoms with Gasteiger partial charge in [-0.2, -0.15) is 0 Å². The molecule has 1 fully saturated rings. The zero-order valence-corrected chi connectivity index (χ0v) is 19.1. The van der Waals surface area contributed by atoms with Gasteiger partial charge in [-0.1, -0.05) is 22.9 Å². The van der Waals surface area contributed by atoms with E-state index in [-0.39, 0.29) is 17.9 Å². The van der Waals surface area contributed by atoms with Gasteiger partial charge in [0.05, 0.1) is 23.8 Å². The molecule has 3 N–H and O–H groups in total. The maximum atomic E-state index is 12.4. The van der Waals surface area contributed by atoms with Gasteiger partial charge in [-0.05, 0) is 31.2 Å². The molecule has 31 heavy (non-hydrogen) atoms. The summed E-state index contributed by atoms with van der Waals surface area (Å²) < 4.78 is 32.0. The lowest BCUT2D eigenvalue weighted by Crippen LogP contribution is -2.42. The normalized spacial score (nSPS) is 14.3. The molecule has 2 aromatic rings. The minimum atomic E-state index is -3.76. The number of morpholine rings is 1. The summed E-state index contributed by atoms with van der Waals surface area (Å²) in [7, 11) is -3.76. The Hall–Kier alpha value is -2.25. The first kappa shape index (κ1) is 23.4. The van der Waals surface area contributed by atoms with E-state index in [4.69, 9.17) is 16.3 Å². The van der Waals surface area contributed by atoms with E-state index in [0.29, 0.717) is 41.9 Å². The Balaban J connectivity index is 1.45. The topological polar surface area (TPSA) is 130 Å². The van der Waals surface area contributed by atoms with Gasteiger partial charge in [0.15, 0.2) is 5.13 Å². The van der Waals surface area contributed by atoms with Gasteiger partial charge in [-0.15, -0.1) is 0 Å². The summed E-state index contributed by atoms with van der Waals surface area (Å²) in [6.07, 6.45) is -0.159. The molecule has 1 saturated heterocycles. The van der Waals surface area contributed by atoms with Gasteiger partial charge in [0.1, 0.15) is 4.88 Å². The largest absolute Gasteiger partial charge is 0.378 e. The molecule has 0 bridgehead atoms. The van der Waals surface area contributed by atoms with Crippen LogP contribution in [0.2, 0.25) is 5.02 Å². The van der Waals surface area contributed by atoms with Crippen LogP contribution in [-0.2, 0) is 19.6 Å². The van der Waals surface area contributed by atoms with Crippen LogP contribution in [0.3, 0.4) is 0 Å². The molecule has 3 rings (SSSR count). The number of hydrogen-bond acceptors (Lipinski definition) is 8. The van der Waals surface area contributed by atoms with Crippen LogP contribution in [0, 0.1) is 6.92 Å². The van der Waals surface area contributed by atoms with E-state index in [0.717, 1.165) is 5.13 Å². The van der Waals surface area contributed by atoms with Crippen LogP contribution < -0.4 is 20.5 Å². The van der Waals surface area contributed by atoms with Crippen molar-refractivity contribution in [2.75, 3.05) is 37.7 Å². The summed E-state index contributed by atoms with van der Waals surface area (Å²) in [5, 5.41) is 1.15. The van der Waals surface area contributed by atoms with Crippen LogP contribution >= 0.6 is 22.9 Å². The van der Waals surface area contributed by atoms with Crippen LogP contribution in [0.1, 0.15) is 21.8 Å². The number of anilines is 1. The highest BCUT2D eigenvalue weighted by Crippen LogP contribution is 2.26. The van der Waals surface area contributed by atoms with Gasteiger partial charge < -0.3 is 9.64 Å². The van der Waals surface area contributed by atoms with Crippen molar-refractivity contribution in [1.82, 2.24) is 20.6 Å². The second-order valence-corrected chi connectivity index (χ2v) is 9.80. The lowest BCUT2D eigenvalue weighted by Gasteiger charge is -2.25. The molecule has 10 nitrogen and oxygen atoms in total. The number of sulfonamides is 1. The molecule has 168 valence electrons. The molecule has 0 radical (unpaired) electrons. The molecule has 1 aliphatic heterocycles. The summed E-state index contributed by atoms with van der Waals surface area (Å²) in [6, 6.07) is 5.66. The molecular weight excluding hydrogens is 466 g/mol. The molecule has 0 unspecified atom stereocenters. The highest BCUT2D eigenvalue weighted by molar-refractivity contribution is 7.89. The maximum Gasteiger partial charge on any atom is 0.281 e. The van der Waals surface area contributed by atoms with Crippen molar-refractivity contribution in [3.05, 3.63) is 39.9 Å². The SMILES string of the molecule is Cc1nc(N2CCOCC2)sc1C(=O)NNC(=O)CCNS(=O)(=O)c1ccc(Cl)cc1. The second-order valence-electron chi connectivity index (χ2n) is 6.61. The number of benzene rings is 1. The van der Waals surface area contributed by atoms with Crippen molar-refractivity contribution >= 4 is 49.9 Å². The van der Waals surface area contributed by atoms with E-state index in [1.807, 2.05) is 4.90 Å². The van der Waals surface area contributed by atoms with Crippen molar-refractivity contribution < 1.29 is 22.7 Å². The summed E-state index contributed by atoms with van der Waals surface area (Å²) in [5.41, 5.74) is 5.19. The first-order chi connectivity index (χ1) is 14.8. The third-order valence-corrected chi connectivity index (χ3v) is 7.30. The molecule has 0 saturated carbocycles. The van der Waals surface area contributed by atoms with E-state index in [1.54, 1.807) is 6.92 Å². The monoisotopic (exact) mass is 487 g/mol. The standard InChI is InChI=1S/C18H22ClN5O5S2/c1-12-16(30-18(21-12)24-8-10-29-11-9-24)17(26)23-22-15(25)6-7-20-31(27,28)14-4-2-13(19)3-5-14/h2-5,20H,6-11H2,1H3,(H,22,25)(H,23,26). The fraction of sp³-hybridized carbons (Fsp3) is 0.389. The number of aromatic nitrogens is 1. The smallest absolute Gasteiger partial charge is 0.281 e. The number of aryl methyl sites for hydroxylation is 1. The molecule has 2 amide bonds. The Kier molecular flexibility index (Phi) is 7.84. The van der Waals surface area contributed by atoms with Crippen molar-refractivity contribution in [3.63, 3.8) is 0 Å². The van der Waals surface area contributed by atoms with Crippen molar-refractivity contribution in [2.24, 2.45) is 0 Å². The molecule has 1 aromatic carbocycles. The third-order valence-electron chi connectivity index (χ3n) is 4.36. The number of halogens is 1. The molecule has 0 spiro atoms. The number of rotatable bonds is 7. The van der Waals surface area contributed by atoms with Gasteiger partial charge in [-0.3, -0.25) is 20.4 Å². The van der Waals surface area contributed by atoms with Crippen molar-refractivity contribution in [2.45, 2.75) is 18.2 Å². The van der Waals surface area contributed by atoms with Gasteiger partial charge in [0.2, 0.25) is 15.9 Å². The number of carbonyl (C=O) groups is 2. The van der Waals surface area contributed by atoms with Crippen LogP contribution in [0.5, 0.6) is 0 Å². The first-order valence-corrected chi connectivity index (χ1v) is 12.1. The number of amides is 2. The summed E-state index contributed by atoms with van der Waals surface area (Å²) in [4.78, 5) is 31.3. The van der Waals surface area contributed by atoms with Gasteiger partial charge in [-0.25, -0.2) is 18.1 Å². The summed E-state index contributed by atoms with van der Waals surface area (Å²) in [5.74, 6) is -1.02. The first-order valence-electron chi connectivity index (χ1n) is 9.41. The Morgan fingerprint density at radius 2 is 1.87 bits per heavy atom. The molecule has 1 aromatic heterocycles. The van der Waals surface area contributed by atoms with Gasteiger partial charge in [0.25, 0.3) is 5.91 Å². The number of carbonyl (C=O) groups excluding carboxylic acids is 2. The average molecular weight is 488 g/mol. The average Bonchev–Trinajstić information content (AvgIpc) is 3.14. The van der Waals surface area contributed by atoms with Crippen molar-refractivity contribution in [1.29, 1.82) is 0 Å². The van der Waals surface area contributed by atoms with Gasteiger partial charge in [0, 0.05) is 31.1 Å². The number of nitrogens with one attached hydrogen (secondary N) is 3. The molecule has 0 atom stereocenters. The van der Waals surface area contributed by atoms with Crippen LogP contribution in [-0.4, -0.2) is 58.1 Å². The number of hydrogen-bond donors (Lipinski definition) is 3. The van der Waals surface area contributed by atoms with E-state index in [2.05, 4.69) is 20.6 Å². The zero-order valence-electron chi connectivity index (χ0n) is 16.7. The minimum Gasteiger partial charge on any atom is -0.378 e. The Bertz CT molecular complexity index is 1040.